The van der Waals surface area contributed by atoms with E-state index in [1.807, 2.05) is 0 Å². The molecule has 21 heavy (non-hydrogen) atoms. The van der Waals surface area contributed by atoms with Gasteiger partial charge >= 0.3 is 11.7 Å². The minimum absolute atomic E-state index is 0.102. The minimum Gasteiger partial charge on any atom is -0.481 e. The third-order valence-electron chi connectivity index (χ3n) is 3.37. The molecule has 7 heteroatoms. The minimum atomic E-state index is -0.959. The summed E-state index contributed by atoms with van der Waals surface area (Å²) < 4.78 is 1.35. The highest BCUT2D eigenvalue weighted by Gasteiger charge is 2.19. The summed E-state index contributed by atoms with van der Waals surface area (Å²) in [4.78, 5) is 38.8. The first-order chi connectivity index (χ1) is 9.90. The number of para-hydroxylation sites is 2. The Balaban J connectivity index is 2.16. The van der Waals surface area contributed by atoms with Gasteiger partial charge in [-0.1, -0.05) is 19.1 Å². The van der Waals surface area contributed by atoms with Crippen LogP contribution >= 0.6 is 0 Å². The molecule has 2 rings (SSSR count). The first kappa shape index (κ1) is 14.8. The van der Waals surface area contributed by atoms with Gasteiger partial charge in [0.15, 0.2) is 0 Å². The van der Waals surface area contributed by atoms with Gasteiger partial charge in [-0.3, -0.25) is 14.2 Å². The summed E-state index contributed by atoms with van der Waals surface area (Å²) in [5, 5.41) is 8.86. The van der Waals surface area contributed by atoms with Gasteiger partial charge in [0.1, 0.15) is 6.54 Å². The van der Waals surface area contributed by atoms with Crippen LogP contribution in [0.2, 0.25) is 0 Å². The zero-order valence-corrected chi connectivity index (χ0v) is 11.9. The van der Waals surface area contributed by atoms with E-state index in [1.165, 1.54) is 23.4 Å². The third-order valence-corrected chi connectivity index (χ3v) is 3.37. The summed E-state index contributed by atoms with van der Waals surface area (Å²) >= 11 is 0. The van der Waals surface area contributed by atoms with Crippen molar-refractivity contribution in [2.45, 2.75) is 13.5 Å². The molecule has 1 unspecified atom stereocenters. The number of hydrogen-bond donors (Lipinski definition) is 2. The maximum Gasteiger partial charge on any atom is 0.326 e. The van der Waals surface area contributed by atoms with Crippen LogP contribution in [0, 0.1) is 5.92 Å². The van der Waals surface area contributed by atoms with Crippen molar-refractivity contribution in [3.63, 3.8) is 0 Å². The van der Waals surface area contributed by atoms with Gasteiger partial charge in [-0.15, -0.1) is 0 Å². The predicted octanol–water partition coefficient (Wildman–Crippen LogP) is 0.509. The number of H-pyrrole nitrogens is 1. The van der Waals surface area contributed by atoms with Gasteiger partial charge in [0.25, 0.3) is 0 Å². The van der Waals surface area contributed by atoms with Crippen molar-refractivity contribution in [1.82, 2.24) is 14.5 Å². The van der Waals surface area contributed by atoms with E-state index in [-0.39, 0.29) is 24.7 Å². The quantitative estimate of drug-likeness (QED) is 0.839. The van der Waals surface area contributed by atoms with E-state index in [0.717, 1.165) is 0 Å². The molecule has 0 aliphatic carbocycles. The summed E-state index contributed by atoms with van der Waals surface area (Å²) in [5.41, 5.74) is 0.955. The number of aromatic amines is 1. The molecule has 1 amide bonds. The van der Waals surface area contributed by atoms with Gasteiger partial charge in [-0.05, 0) is 12.1 Å². The number of carboxylic acids is 1. The van der Waals surface area contributed by atoms with Gasteiger partial charge in [0.2, 0.25) is 5.91 Å². The molecule has 1 aromatic carbocycles. The second kappa shape index (κ2) is 5.82. The number of carbonyl (C=O) groups excluding carboxylic acids is 1. The number of imidazole rings is 1. The van der Waals surface area contributed by atoms with Crippen molar-refractivity contribution in [2.75, 3.05) is 13.6 Å². The number of rotatable bonds is 5. The maximum absolute atomic E-state index is 12.1. The standard InChI is InChI=1S/C14H17N3O4/c1-9(13(19)20)7-16(2)12(18)8-17-11-6-4-3-5-10(11)15-14(17)21/h3-6,9H,7-8H2,1-2H3,(H,15,21)(H,19,20). The van der Waals surface area contributed by atoms with E-state index in [2.05, 4.69) is 4.98 Å². The molecule has 0 saturated carbocycles. The van der Waals surface area contributed by atoms with Crippen LogP contribution in [0.5, 0.6) is 0 Å². The van der Waals surface area contributed by atoms with E-state index in [0.29, 0.717) is 11.0 Å². The zero-order chi connectivity index (χ0) is 15.6. The number of likely N-dealkylation sites (N-methyl/N-ethyl adjacent to an activating group) is 1. The van der Waals surface area contributed by atoms with E-state index in [4.69, 9.17) is 5.11 Å². The van der Waals surface area contributed by atoms with Crippen molar-refractivity contribution in [1.29, 1.82) is 0 Å². The Morgan fingerprint density at radius 2 is 2.05 bits per heavy atom. The fraction of sp³-hybridized carbons (Fsp3) is 0.357. The van der Waals surface area contributed by atoms with Gasteiger partial charge in [0.05, 0.1) is 17.0 Å². The summed E-state index contributed by atoms with van der Waals surface area (Å²) in [6, 6.07) is 7.09. The molecule has 0 saturated heterocycles. The zero-order valence-electron chi connectivity index (χ0n) is 11.9. The van der Waals surface area contributed by atoms with Crippen LogP contribution in [0.3, 0.4) is 0 Å². The lowest BCUT2D eigenvalue weighted by atomic mass is 10.2. The highest BCUT2D eigenvalue weighted by Crippen LogP contribution is 2.09. The third kappa shape index (κ3) is 3.13. The number of hydrogen-bond acceptors (Lipinski definition) is 3. The summed E-state index contributed by atoms with van der Waals surface area (Å²) in [6.45, 7) is 1.51. The molecular formula is C14H17N3O4. The summed E-state index contributed by atoms with van der Waals surface area (Å²) in [7, 11) is 1.53. The molecule has 0 bridgehead atoms. The summed E-state index contributed by atoms with van der Waals surface area (Å²) in [6.07, 6.45) is 0. The molecule has 2 N–H and O–H groups in total. The average Bonchev–Trinajstić information content (AvgIpc) is 2.75. The molecule has 0 aliphatic heterocycles. The molecule has 7 nitrogen and oxygen atoms in total. The molecule has 0 fully saturated rings. The van der Waals surface area contributed by atoms with E-state index in [9.17, 15) is 14.4 Å². The number of fused-ring (bicyclic) bond motifs is 1. The Bertz CT molecular complexity index is 731. The molecular weight excluding hydrogens is 274 g/mol. The second-order valence-corrected chi connectivity index (χ2v) is 5.05. The molecule has 0 spiro atoms. The fourth-order valence-electron chi connectivity index (χ4n) is 2.11. The van der Waals surface area contributed by atoms with Crippen molar-refractivity contribution < 1.29 is 14.7 Å². The van der Waals surface area contributed by atoms with Gasteiger partial charge < -0.3 is 15.0 Å². The number of benzene rings is 1. The smallest absolute Gasteiger partial charge is 0.326 e. The normalized spacial score (nSPS) is 12.3. The van der Waals surface area contributed by atoms with Gasteiger partial charge in [-0.2, -0.15) is 0 Å². The molecule has 0 radical (unpaired) electrons. The molecule has 112 valence electrons. The molecule has 0 aliphatic rings. The Hall–Kier alpha value is -2.57. The number of nitrogens with one attached hydrogen (secondary N) is 1. The largest absolute Gasteiger partial charge is 0.481 e. The first-order valence-electron chi connectivity index (χ1n) is 6.54. The molecule has 1 heterocycles. The van der Waals surface area contributed by atoms with Crippen LogP contribution in [0.15, 0.2) is 29.1 Å². The van der Waals surface area contributed by atoms with Crippen LogP contribution in [0.1, 0.15) is 6.92 Å². The number of aliphatic carboxylic acids is 1. The van der Waals surface area contributed by atoms with Crippen molar-refractivity contribution in [2.24, 2.45) is 5.92 Å². The average molecular weight is 291 g/mol. The first-order valence-corrected chi connectivity index (χ1v) is 6.54. The maximum atomic E-state index is 12.1. The highest BCUT2D eigenvalue weighted by molar-refractivity contribution is 5.81. The lowest BCUT2D eigenvalue weighted by Crippen LogP contribution is -2.37. The van der Waals surface area contributed by atoms with Gasteiger partial charge in [-0.25, -0.2) is 4.79 Å². The Morgan fingerprint density at radius 3 is 2.71 bits per heavy atom. The van der Waals surface area contributed by atoms with E-state index in [1.54, 1.807) is 24.3 Å². The van der Waals surface area contributed by atoms with Crippen molar-refractivity contribution in [3.05, 3.63) is 34.7 Å². The van der Waals surface area contributed by atoms with Crippen molar-refractivity contribution >= 4 is 22.9 Å². The lowest BCUT2D eigenvalue weighted by molar-refractivity contribution is -0.142. The number of aromatic nitrogens is 2. The Kier molecular flexibility index (Phi) is 4.11. The SMILES string of the molecule is CC(CN(C)C(=O)Cn1c(=O)[nH]c2ccccc21)C(=O)O. The summed E-state index contributed by atoms with van der Waals surface area (Å²) in [5.74, 6) is -1.92. The van der Waals surface area contributed by atoms with E-state index >= 15 is 0 Å². The van der Waals surface area contributed by atoms with Gasteiger partial charge in [0, 0.05) is 13.6 Å². The van der Waals surface area contributed by atoms with Crippen LogP contribution in [0.4, 0.5) is 0 Å². The monoisotopic (exact) mass is 291 g/mol. The second-order valence-electron chi connectivity index (χ2n) is 5.05. The molecule has 1 aromatic heterocycles. The van der Waals surface area contributed by atoms with Crippen LogP contribution < -0.4 is 5.69 Å². The molecule has 2 aromatic rings. The highest BCUT2D eigenvalue weighted by atomic mass is 16.4. The lowest BCUT2D eigenvalue weighted by Gasteiger charge is -2.19. The fourth-order valence-corrected chi connectivity index (χ4v) is 2.11. The van der Waals surface area contributed by atoms with Crippen LogP contribution in [0.25, 0.3) is 11.0 Å². The van der Waals surface area contributed by atoms with Crippen molar-refractivity contribution in [3.8, 4) is 0 Å². The predicted molar refractivity (Wildman–Crippen MR) is 77.0 cm³/mol. The van der Waals surface area contributed by atoms with Crippen LogP contribution in [-0.4, -0.2) is 45.0 Å². The number of amides is 1. The van der Waals surface area contributed by atoms with E-state index < -0.39 is 11.9 Å². The Morgan fingerprint density at radius 1 is 1.38 bits per heavy atom. The number of carbonyl (C=O) groups is 2. The topological polar surface area (TPSA) is 95.4 Å². The number of carboxylic acid groups (broad SMARTS) is 1. The van der Waals surface area contributed by atoms with Crippen LogP contribution in [-0.2, 0) is 16.1 Å². The Labute approximate surface area is 120 Å². The number of nitrogens with zero attached hydrogens (tertiary/aromatic N) is 2. The molecule has 1 atom stereocenters.